The summed E-state index contributed by atoms with van der Waals surface area (Å²) < 4.78 is 0. The number of rotatable bonds is 1. The Balaban J connectivity index is 2.32. The normalized spacial score (nSPS) is 18.9. The fourth-order valence-electron chi connectivity index (χ4n) is 0.703. The number of hydroxylamine groups is 2. The summed E-state index contributed by atoms with van der Waals surface area (Å²) in [5, 5.41) is 12.6. The standard InChI is InChI=1S/C5H10N2O2/c1-4(8)7(9)5-2-6-3-5/h5-6,9H,2-3H2,1H3. The van der Waals surface area contributed by atoms with Gasteiger partial charge >= 0.3 is 0 Å². The van der Waals surface area contributed by atoms with Crippen LogP contribution in [0.2, 0.25) is 0 Å². The number of hydrogen-bond acceptors (Lipinski definition) is 3. The number of nitrogens with zero attached hydrogens (tertiary/aromatic N) is 1. The summed E-state index contributed by atoms with van der Waals surface area (Å²) in [5.41, 5.74) is 0. The minimum absolute atomic E-state index is 0.00231. The van der Waals surface area contributed by atoms with Crippen LogP contribution in [0.5, 0.6) is 0 Å². The molecule has 1 saturated heterocycles. The van der Waals surface area contributed by atoms with Gasteiger partial charge in [-0.15, -0.1) is 0 Å². The third-order valence-electron chi connectivity index (χ3n) is 1.43. The van der Waals surface area contributed by atoms with Crippen LogP contribution < -0.4 is 5.32 Å². The Morgan fingerprint density at radius 3 is 2.44 bits per heavy atom. The Hall–Kier alpha value is -0.610. The van der Waals surface area contributed by atoms with Crippen LogP contribution in [0.25, 0.3) is 0 Å². The van der Waals surface area contributed by atoms with E-state index < -0.39 is 0 Å². The van der Waals surface area contributed by atoms with E-state index in [2.05, 4.69) is 5.32 Å². The molecular weight excluding hydrogens is 120 g/mol. The van der Waals surface area contributed by atoms with Crippen LogP contribution in [-0.4, -0.2) is 35.3 Å². The predicted molar refractivity (Wildman–Crippen MR) is 31.0 cm³/mol. The molecule has 0 unspecified atom stereocenters. The highest BCUT2D eigenvalue weighted by Crippen LogP contribution is 2.00. The van der Waals surface area contributed by atoms with Gasteiger partial charge in [-0.3, -0.25) is 10.0 Å². The summed E-state index contributed by atoms with van der Waals surface area (Å²) in [6.45, 7) is 2.75. The van der Waals surface area contributed by atoms with Crippen molar-refractivity contribution in [2.75, 3.05) is 13.1 Å². The predicted octanol–water partition coefficient (Wildman–Crippen LogP) is -0.804. The van der Waals surface area contributed by atoms with Crippen LogP contribution in [0.3, 0.4) is 0 Å². The van der Waals surface area contributed by atoms with Gasteiger partial charge in [0.05, 0.1) is 6.04 Å². The molecule has 2 N–H and O–H groups in total. The molecule has 0 aliphatic carbocycles. The SMILES string of the molecule is CC(=O)N(O)C1CNC1. The zero-order valence-corrected chi connectivity index (χ0v) is 5.29. The van der Waals surface area contributed by atoms with Gasteiger partial charge in [0.2, 0.25) is 5.91 Å². The van der Waals surface area contributed by atoms with Crippen molar-refractivity contribution in [1.82, 2.24) is 10.4 Å². The van der Waals surface area contributed by atoms with Crippen LogP contribution in [0.4, 0.5) is 0 Å². The number of carbonyl (C=O) groups excluding carboxylic acids is 1. The summed E-state index contributed by atoms with van der Waals surface area (Å²) in [5.74, 6) is -0.290. The largest absolute Gasteiger partial charge is 0.312 e. The fourth-order valence-corrected chi connectivity index (χ4v) is 0.703. The third-order valence-corrected chi connectivity index (χ3v) is 1.43. The first-order valence-electron chi connectivity index (χ1n) is 2.91. The summed E-state index contributed by atoms with van der Waals surface area (Å²) in [6, 6.07) is 0.00231. The lowest BCUT2D eigenvalue weighted by atomic mass is 10.2. The van der Waals surface area contributed by atoms with E-state index in [1.807, 2.05) is 0 Å². The lowest BCUT2D eigenvalue weighted by Gasteiger charge is -2.32. The molecule has 0 aromatic carbocycles. The lowest BCUT2D eigenvalue weighted by Crippen LogP contribution is -2.57. The molecule has 1 heterocycles. The molecule has 0 bridgehead atoms. The Morgan fingerprint density at radius 2 is 2.33 bits per heavy atom. The second-order valence-electron chi connectivity index (χ2n) is 2.18. The van der Waals surface area contributed by atoms with E-state index in [1.54, 1.807) is 0 Å². The number of carbonyl (C=O) groups is 1. The first kappa shape index (κ1) is 6.51. The molecular formula is C5H10N2O2. The van der Waals surface area contributed by atoms with E-state index >= 15 is 0 Å². The molecule has 1 aliphatic heterocycles. The molecule has 0 aromatic rings. The van der Waals surface area contributed by atoms with Gasteiger partial charge in [0, 0.05) is 20.0 Å². The average Bonchev–Trinajstić information content (AvgIpc) is 1.60. The summed E-state index contributed by atoms with van der Waals surface area (Å²) in [6.07, 6.45) is 0. The van der Waals surface area contributed by atoms with E-state index in [0.717, 1.165) is 5.06 Å². The number of hydrogen-bond donors (Lipinski definition) is 2. The van der Waals surface area contributed by atoms with Crippen molar-refractivity contribution in [2.24, 2.45) is 0 Å². The Labute approximate surface area is 53.4 Å². The Bertz CT molecular complexity index is 122. The van der Waals surface area contributed by atoms with Crippen LogP contribution >= 0.6 is 0 Å². The van der Waals surface area contributed by atoms with Gasteiger partial charge < -0.3 is 5.32 Å². The zero-order chi connectivity index (χ0) is 6.85. The zero-order valence-electron chi connectivity index (χ0n) is 5.29. The van der Waals surface area contributed by atoms with Crippen molar-refractivity contribution in [1.29, 1.82) is 0 Å². The molecule has 1 rings (SSSR count). The molecule has 1 aliphatic rings. The van der Waals surface area contributed by atoms with Crippen molar-refractivity contribution in [2.45, 2.75) is 13.0 Å². The quantitative estimate of drug-likeness (QED) is 0.361. The third kappa shape index (κ3) is 1.20. The lowest BCUT2D eigenvalue weighted by molar-refractivity contribution is -0.177. The van der Waals surface area contributed by atoms with Gasteiger partial charge in [-0.1, -0.05) is 0 Å². The Morgan fingerprint density at radius 1 is 1.78 bits per heavy atom. The summed E-state index contributed by atoms with van der Waals surface area (Å²) in [4.78, 5) is 10.4. The molecule has 0 saturated carbocycles. The fraction of sp³-hybridized carbons (Fsp3) is 0.800. The minimum atomic E-state index is -0.290. The molecule has 0 atom stereocenters. The van der Waals surface area contributed by atoms with Gasteiger partial charge in [0.25, 0.3) is 0 Å². The molecule has 1 fully saturated rings. The summed E-state index contributed by atoms with van der Waals surface area (Å²) in [7, 11) is 0. The van der Waals surface area contributed by atoms with Gasteiger partial charge in [-0.2, -0.15) is 0 Å². The number of amides is 1. The van der Waals surface area contributed by atoms with Crippen LogP contribution in [0.15, 0.2) is 0 Å². The average molecular weight is 130 g/mol. The van der Waals surface area contributed by atoms with Gasteiger partial charge in [0.15, 0.2) is 0 Å². The maximum atomic E-state index is 10.4. The molecule has 0 aromatic heterocycles. The van der Waals surface area contributed by atoms with Crippen LogP contribution in [-0.2, 0) is 4.79 Å². The van der Waals surface area contributed by atoms with Gasteiger partial charge in [-0.05, 0) is 0 Å². The summed E-state index contributed by atoms with van der Waals surface area (Å²) >= 11 is 0. The van der Waals surface area contributed by atoms with Crippen molar-refractivity contribution in [3.8, 4) is 0 Å². The topological polar surface area (TPSA) is 52.6 Å². The van der Waals surface area contributed by atoms with E-state index in [1.165, 1.54) is 6.92 Å². The Kier molecular flexibility index (Phi) is 1.68. The highest BCUT2D eigenvalue weighted by Gasteiger charge is 2.24. The minimum Gasteiger partial charge on any atom is -0.312 e. The highest BCUT2D eigenvalue weighted by molar-refractivity contribution is 5.72. The van der Waals surface area contributed by atoms with Gasteiger partial charge in [0.1, 0.15) is 0 Å². The van der Waals surface area contributed by atoms with E-state index in [9.17, 15) is 4.79 Å². The highest BCUT2D eigenvalue weighted by atomic mass is 16.5. The molecule has 9 heavy (non-hydrogen) atoms. The molecule has 4 heteroatoms. The maximum absolute atomic E-state index is 10.4. The maximum Gasteiger partial charge on any atom is 0.243 e. The second-order valence-corrected chi connectivity index (χ2v) is 2.18. The van der Waals surface area contributed by atoms with E-state index in [-0.39, 0.29) is 11.9 Å². The van der Waals surface area contributed by atoms with Gasteiger partial charge in [-0.25, -0.2) is 5.06 Å². The van der Waals surface area contributed by atoms with E-state index in [0.29, 0.717) is 13.1 Å². The van der Waals surface area contributed by atoms with Crippen molar-refractivity contribution in [3.63, 3.8) is 0 Å². The van der Waals surface area contributed by atoms with Crippen molar-refractivity contribution in [3.05, 3.63) is 0 Å². The number of nitrogens with one attached hydrogen (secondary N) is 1. The first-order chi connectivity index (χ1) is 4.22. The molecule has 1 amide bonds. The molecule has 4 nitrogen and oxygen atoms in total. The monoisotopic (exact) mass is 130 g/mol. The molecule has 0 radical (unpaired) electrons. The molecule has 52 valence electrons. The second kappa shape index (κ2) is 2.33. The molecule has 0 spiro atoms. The first-order valence-corrected chi connectivity index (χ1v) is 2.91. The smallest absolute Gasteiger partial charge is 0.243 e. The van der Waals surface area contributed by atoms with Crippen LogP contribution in [0.1, 0.15) is 6.92 Å². The van der Waals surface area contributed by atoms with Crippen LogP contribution in [0, 0.1) is 0 Å². The van der Waals surface area contributed by atoms with E-state index in [4.69, 9.17) is 5.21 Å². The van der Waals surface area contributed by atoms with Crippen molar-refractivity contribution < 1.29 is 10.0 Å². The van der Waals surface area contributed by atoms with Crippen molar-refractivity contribution >= 4 is 5.91 Å².